The Kier molecular flexibility index (Phi) is 6.07. The lowest BCUT2D eigenvalue weighted by atomic mass is 9.93. The molecule has 25 heavy (non-hydrogen) atoms. The number of nitrogens with zero attached hydrogens (tertiary/aromatic N) is 3. The number of pyridine rings is 1. The van der Waals surface area contributed by atoms with Crippen LogP contribution in [0.5, 0.6) is 0 Å². The molecule has 2 atom stereocenters. The zero-order valence-corrected chi connectivity index (χ0v) is 15.8. The minimum Gasteiger partial charge on any atom is -0.373 e. The molecule has 1 aromatic rings. The van der Waals surface area contributed by atoms with Crippen LogP contribution in [-0.2, 0) is 4.74 Å². The standard InChI is InChI=1S/C20H31N3O2/c1-15-13-22(14-16(2)25-15)9-6-18-7-10-23(11-8-18)20-5-4-19(12-21-20)17(3)24/h4-5,12,15-16,18H,6-11,13-14H2,1-3H3/t15-,16+. The van der Waals surface area contributed by atoms with Crippen molar-refractivity contribution in [1.29, 1.82) is 0 Å². The highest BCUT2D eigenvalue weighted by atomic mass is 16.5. The van der Waals surface area contributed by atoms with Gasteiger partial charge in [0.1, 0.15) is 5.82 Å². The van der Waals surface area contributed by atoms with Crippen molar-refractivity contribution in [2.24, 2.45) is 5.92 Å². The Labute approximate surface area is 151 Å². The Balaban J connectivity index is 1.43. The van der Waals surface area contributed by atoms with Gasteiger partial charge in [-0.05, 0) is 64.6 Å². The van der Waals surface area contributed by atoms with E-state index in [4.69, 9.17) is 4.74 Å². The van der Waals surface area contributed by atoms with E-state index in [9.17, 15) is 4.79 Å². The van der Waals surface area contributed by atoms with Crippen LogP contribution in [0.4, 0.5) is 5.82 Å². The van der Waals surface area contributed by atoms with E-state index in [0.717, 1.165) is 37.9 Å². The molecule has 0 aromatic carbocycles. The summed E-state index contributed by atoms with van der Waals surface area (Å²) < 4.78 is 5.82. The summed E-state index contributed by atoms with van der Waals surface area (Å²) in [7, 11) is 0. The van der Waals surface area contributed by atoms with Gasteiger partial charge >= 0.3 is 0 Å². The number of carbonyl (C=O) groups excluding carboxylic acids is 1. The van der Waals surface area contributed by atoms with Crippen LogP contribution in [0.1, 0.15) is 50.4 Å². The number of anilines is 1. The van der Waals surface area contributed by atoms with Crippen LogP contribution >= 0.6 is 0 Å². The first-order valence-corrected chi connectivity index (χ1v) is 9.61. The van der Waals surface area contributed by atoms with Gasteiger partial charge in [0.05, 0.1) is 12.2 Å². The molecule has 3 heterocycles. The highest BCUT2D eigenvalue weighted by Crippen LogP contribution is 2.25. The summed E-state index contributed by atoms with van der Waals surface area (Å²) in [6, 6.07) is 3.87. The molecule has 0 spiro atoms. The first-order chi connectivity index (χ1) is 12.0. The second-order valence-corrected chi connectivity index (χ2v) is 7.70. The van der Waals surface area contributed by atoms with Gasteiger partial charge in [0, 0.05) is 37.9 Å². The molecule has 1 aromatic heterocycles. The van der Waals surface area contributed by atoms with Crippen LogP contribution in [0.25, 0.3) is 0 Å². The van der Waals surface area contributed by atoms with Crippen molar-refractivity contribution in [3.05, 3.63) is 23.9 Å². The van der Waals surface area contributed by atoms with Crippen molar-refractivity contribution in [2.45, 2.75) is 52.2 Å². The molecule has 0 aliphatic carbocycles. The van der Waals surface area contributed by atoms with E-state index in [1.807, 2.05) is 12.1 Å². The highest BCUT2D eigenvalue weighted by molar-refractivity contribution is 5.93. The molecule has 2 aliphatic rings. The average molecular weight is 345 g/mol. The van der Waals surface area contributed by atoms with E-state index >= 15 is 0 Å². The van der Waals surface area contributed by atoms with Crippen LogP contribution < -0.4 is 4.90 Å². The van der Waals surface area contributed by atoms with Crippen LogP contribution in [-0.4, -0.2) is 60.6 Å². The quantitative estimate of drug-likeness (QED) is 0.768. The number of hydrogen-bond donors (Lipinski definition) is 0. The average Bonchev–Trinajstić information content (AvgIpc) is 2.60. The minimum absolute atomic E-state index is 0.0736. The Bertz CT molecular complexity index is 557. The first-order valence-electron chi connectivity index (χ1n) is 9.61. The molecule has 0 radical (unpaired) electrons. The maximum absolute atomic E-state index is 11.4. The van der Waals surface area contributed by atoms with Crippen molar-refractivity contribution in [2.75, 3.05) is 37.6 Å². The van der Waals surface area contributed by atoms with Crippen molar-refractivity contribution < 1.29 is 9.53 Å². The first kappa shape index (κ1) is 18.3. The third kappa shape index (κ3) is 5.02. The lowest BCUT2D eigenvalue weighted by Crippen LogP contribution is -2.46. The number of piperidine rings is 1. The second-order valence-electron chi connectivity index (χ2n) is 7.70. The predicted octanol–water partition coefficient (Wildman–Crippen LogP) is 3.00. The lowest BCUT2D eigenvalue weighted by molar-refractivity contribution is -0.0690. The van der Waals surface area contributed by atoms with E-state index in [-0.39, 0.29) is 5.78 Å². The molecule has 2 saturated heterocycles. The Morgan fingerprint density at radius 3 is 2.44 bits per heavy atom. The van der Waals surface area contributed by atoms with E-state index in [0.29, 0.717) is 17.8 Å². The fourth-order valence-electron chi connectivity index (χ4n) is 4.06. The smallest absolute Gasteiger partial charge is 0.161 e. The number of aromatic nitrogens is 1. The van der Waals surface area contributed by atoms with E-state index in [1.54, 1.807) is 13.1 Å². The number of ketones is 1. The number of carbonyl (C=O) groups is 1. The maximum atomic E-state index is 11.4. The third-order valence-corrected chi connectivity index (χ3v) is 5.44. The molecular formula is C20H31N3O2. The summed E-state index contributed by atoms with van der Waals surface area (Å²) in [5, 5.41) is 0. The number of hydrogen-bond acceptors (Lipinski definition) is 5. The summed E-state index contributed by atoms with van der Waals surface area (Å²) in [5.41, 5.74) is 0.688. The SMILES string of the molecule is CC(=O)c1ccc(N2CCC(CCN3C[C@@H](C)O[C@@H](C)C3)CC2)nc1. The number of Topliss-reactive ketones (excluding diaryl/α,β-unsaturated/α-hetero) is 1. The normalized spacial score (nSPS) is 26.0. The van der Waals surface area contributed by atoms with E-state index in [2.05, 4.69) is 28.6 Å². The van der Waals surface area contributed by atoms with Crippen molar-refractivity contribution in [3.8, 4) is 0 Å². The zero-order chi connectivity index (χ0) is 17.8. The van der Waals surface area contributed by atoms with Gasteiger partial charge in [0.2, 0.25) is 0 Å². The topological polar surface area (TPSA) is 45.7 Å². The van der Waals surface area contributed by atoms with Crippen LogP contribution in [0, 0.1) is 5.92 Å². The van der Waals surface area contributed by atoms with Gasteiger partial charge in [0.25, 0.3) is 0 Å². The number of rotatable bonds is 5. The number of morpholine rings is 1. The van der Waals surface area contributed by atoms with Gasteiger partial charge in [-0.3, -0.25) is 9.69 Å². The van der Waals surface area contributed by atoms with Crippen LogP contribution in [0.15, 0.2) is 18.3 Å². The molecule has 0 amide bonds. The molecular weight excluding hydrogens is 314 g/mol. The molecule has 0 bridgehead atoms. The molecule has 5 nitrogen and oxygen atoms in total. The Morgan fingerprint density at radius 2 is 1.88 bits per heavy atom. The van der Waals surface area contributed by atoms with Gasteiger partial charge in [-0.1, -0.05) is 0 Å². The van der Waals surface area contributed by atoms with Gasteiger partial charge in [-0.15, -0.1) is 0 Å². The largest absolute Gasteiger partial charge is 0.373 e. The van der Waals surface area contributed by atoms with Crippen molar-refractivity contribution in [3.63, 3.8) is 0 Å². The van der Waals surface area contributed by atoms with E-state index < -0.39 is 0 Å². The molecule has 3 rings (SSSR count). The van der Waals surface area contributed by atoms with Gasteiger partial charge in [-0.25, -0.2) is 4.98 Å². The zero-order valence-electron chi connectivity index (χ0n) is 15.8. The van der Waals surface area contributed by atoms with Crippen molar-refractivity contribution in [1.82, 2.24) is 9.88 Å². The van der Waals surface area contributed by atoms with Gasteiger partial charge in [0.15, 0.2) is 5.78 Å². The third-order valence-electron chi connectivity index (χ3n) is 5.44. The lowest BCUT2D eigenvalue weighted by Gasteiger charge is -2.37. The molecule has 0 saturated carbocycles. The monoisotopic (exact) mass is 345 g/mol. The minimum atomic E-state index is 0.0736. The fourth-order valence-corrected chi connectivity index (χ4v) is 4.06. The van der Waals surface area contributed by atoms with Crippen LogP contribution in [0.3, 0.4) is 0 Å². The summed E-state index contributed by atoms with van der Waals surface area (Å²) in [4.78, 5) is 20.7. The highest BCUT2D eigenvalue weighted by Gasteiger charge is 2.24. The molecule has 0 unspecified atom stereocenters. The molecule has 2 aliphatic heterocycles. The predicted molar refractivity (Wildman–Crippen MR) is 100 cm³/mol. The van der Waals surface area contributed by atoms with Gasteiger partial charge in [-0.2, -0.15) is 0 Å². The molecule has 2 fully saturated rings. The van der Waals surface area contributed by atoms with Crippen LogP contribution in [0.2, 0.25) is 0 Å². The summed E-state index contributed by atoms with van der Waals surface area (Å²) in [6.45, 7) is 11.4. The Morgan fingerprint density at radius 1 is 1.20 bits per heavy atom. The maximum Gasteiger partial charge on any atom is 0.161 e. The fraction of sp³-hybridized carbons (Fsp3) is 0.700. The summed E-state index contributed by atoms with van der Waals surface area (Å²) >= 11 is 0. The number of ether oxygens (including phenoxy) is 1. The molecule has 0 N–H and O–H groups in total. The molecule has 5 heteroatoms. The van der Waals surface area contributed by atoms with Crippen molar-refractivity contribution >= 4 is 11.6 Å². The molecule has 138 valence electrons. The summed E-state index contributed by atoms with van der Waals surface area (Å²) in [6.07, 6.45) is 6.15. The second kappa shape index (κ2) is 8.28. The van der Waals surface area contributed by atoms with Gasteiger partial charge < -0.3 is 9.64 Å². The Hall–Kier alpha value is -1.46. The van der Waals surface area contributed by atoms with E-state index in [1.165, 1.54) is 25.8 Å². The summed E-state index contributed by atoms with van der Waals surface area (Å²) in [5.74, 6) is 1.88.